The van der Waals surface area contributed by atoms with E-state index in [1.807, 2.05) is 0 Å². The molecule has 2 rings (SSSR count). The Hall–Kier alpha value is -3.68. The minimum Gasteiger partial charge on any atom is -0.493 e. The molecule has 0 saturated carbocycles. The maximum Gasteiger partial charge on any atom is 0.331 e. The molecule has 0 aromatic heterocycles. The lowest BCUT2D eigenvalue weighted by Crippen LogP contribution is -2.20. The highest BCUT2D eigenvalue weighted by Gasteiger charge is 2.10. The summed E-state index contributed by atoms with van der Waals surface area (Å²) in [5.74, 6) is 0.880. The standard InChI is InChI=1S/C21H23NO7/c1-25-16-10-9-15(12-18(16)27-3)22-19(23)13-29-20(24)11-8-14-6-5-7-17(26-2)21(14)28-4/h5-12H,13H2,1-4H3,(H,22,23). The lowest BCUT2D eigenvalue weighted by atomic mass is 10.1. The van der Waals surface area contributed by atoms with Crippen molar-refractivity contribution in [1.29, 1.82) is 0 Å². The zero-order valence-electron chi connectivity index (χ0n) is 16.7. The third-order valence-corrected chi connectivity index (χ3v) is 3.85. The van der Waals surface area contributed by atoms with E-state index in [1.165, 1.54) is 40.6 Å². The summed E-state index contributed by atoms with van der Waals surface area (Å²) in [7, 11) is 6.04. The summed E-state index contributed by atoms with van der Waals surface area (Å²) in [6.07, 6.45) is 2.73. The third kappa shape index (κ3) is 5.90. The maximum atomic E-state index is 12.0. The second-order valence-electron chi connectivity index (χ2n) is 5.64. The van der Waals surface area contributed by atoms with Gasteiger partial charge in [-0.2, -0.15) is 0 Å². The van der Waals surface area contributed by atoms with E-state index in [0.717, 1.165) is 0 Å². The summed E-state index contributed by atoms with van der Waals surface area (Å²) in [5, 5.41) is 2.62. The molecule has 0 atom stereocenters. The van der Waals surface area contributed by atoms with Crippen LogP contribution in [0.3, 0.4) is 0 Å². The molecule has 0 fully saturated rings. The fourth-order valence-corrected chi connectivity index (χ4v) is 2.50. The molecule has 1 amide bonds. The molecule has 2 aromatic carbocycles. The first-order chi connectivity index (χ1) is 14.0. The van der Waals surface area contributed by atoms with Gasteiger partial charge in [0, 0.05) is 23.4 Å². The van der Waals surface area contributed by atoms with Crippen LogP contribution in [0.15, 0.2) is 42.5 Å². The van der Waals surface area contributed by atoms with E-state index >= 15 is 0 Å². The summed E-state index contributed by atoms with van der Waals surface area (Å²) in [6.45, 7) is -0.438. The van der Waals surface area contributed by atoms with Crippen molar-refractivity contribution in [3.8, 4) is 23.0 Å². The molecule has 29 heavy (non-hydrogen) atoms. The van der Waals surface area contributed by atoms with Crippen LogP contribution >= 0.6 is 0 Å². The van der Waals surface area contributed by atoms with E-state index in [4.69, 9.17) is 23.7 Å². The average molecular weight is 401 g/mol. The first-order valence-electron chi connectivity index (χ1n) is 8.60. The third-order valence-electron chi connectivity index (χ3n) is 3.85. The fourth-order valence-electron chi connectivity index (χ4n) is 2.50. The number of anilines is 1. The number of hydrogen-bond acceptors (Lipinski definition) is 7. The van der Waals surface area contributed by atoms with Gasteiger partial charge < -0.3 is 29.0 Å². The van der Waals surface area contributed by atoms with Crippen molar-refractivity contribution >= 4 is 23.6 Å². The molecule has 0 spiro atoms. The van der Waals surface area contributed by atoms with Gasteiger partial charge in [-0.1, -0.05) is 12.1 Å². The Labute approximate surface area is 169 Å². The van der Waals surface area contributed by atoms with Crippen LogP contribution in [0.1, 0.15) is 5.56 Å². The number of nitrogens with one attached hydrogen (secondary N) is 1. The molecule has 0 aliphatic carbocycles. The first-order valence-corrected chi connectivity index (χ1v) is 8.60. The molecule has 154 valence electrons. The van der Waals surface area contributed by atoms with E-state index in [-0.39, 0.29) is 0 Å². The number of carbonyl (C=O) groups excluding carboxylic acids is 2. The summed E-state index contributed by atoms with van der Waals surface area (Å²) < 4.78 is 25.8. The van der Waals surface area contributed by atoms with E-state index in [1.54, 1.807) is 36.4 Å². The highest BCUT2D eigenvalue weighted by molar-refractivity contribution is 5.95. The highest BCUT2D eigenvalue weighted by atomic mass is 16.5. The van der Waals surface area contributed by atoms with Crippen molar-refractivity contribution < 1.29 is 33.3 Å². The Morgan fingerprint density at radius 1 is 0.897 bits per heavy atom. The molecule has 1 N–H and O–H groups in total. The number of carbonyl (C=O) groups is 2. The van der Waals surface area contributed by atoms with Crippen LogP contribution in [0.4, 0.5) is 5.69 Å². The maximum absolute atomic E-state index is 12.0. The van der Waals surface area contributed by atoms with Crippen molar-refractivity contribution in [1.82, 2.24) is 0 Å². The van der Waals surface area contributed by atoms with E-state index in [0.29, 0.717) is 34.2 Å². The van der Waals surface area contributed by atoms with Crippen LogP contribution in [-0.4, -0.2) is 46.9 Å². The summed E-state index contributed by atoms with van der Waals surface area (Å²) >= 11 is 0. The summed E-state index contributed by atoms with van der Waals surface area (Å²) in [6, 6.07) is 10.2. The van der Waals surface area contributed by atoms with E-state index < -0.39 is 18.5 Å². The van der Waals surface area contributed by atoms with Gasteiger partial charge in [0.15, 0.2) is 29.6 Å². The van der Waals surface area contributed by atoms with Gasteiger partial charge >= 0.3 is 5.97 Å². The van der Waals surface area contributed by atoms with Crippen LogP contribution in [0.5, 0.6) is 23.0 Å². The largest absolute Gasteiger partial charge is 0.493 e. The molecule has 0 aliphatic heterocycles. The molecule has 8 heteroatoms. The van der Waals surface area contributed by atoms with Gasteiger partial charge in [-0.05, 0) is 24.3 Å². The normalized spacial score (nSPS) is 10.3. The number of amides is 1. The van der Waals surface area contributed by atoms with E-state index in [2.05, 4.69) is 5.32 Å². The first kappa shape index (κ1) is 21.6. The van der Waals surface area contributed by atoms with Crippen molar-refractivity contribution in [2.75, 3.05) is 40.4 Å². The number of benzene rings is 2. The molecular formula is C21H23NO7. The summed E-state index contributed by atoms with van der Waals surface area (Å²) in [4.78, 5) is 23.9. The predicted molar refractivity (Wildman–Crippen MR) is 108 cm³/mol. The molecule has 0 bridgehead atoms. The topological polar surface area (TPSA) is 92.3 Å². The Balaban J connectivity index is 1.92. The van der Waals surface area contributed by atoms with Crippen molar-refractivity contribution in [2.45, 2.75) is 0 Å². The van der Waals surface area contributed by atoms with Gasteiger partial charge in [-0.25, -0.2) is 4.79 Å². The molecule has 0 aliphatic rings. The molecule has 8 nitrogen and oxygen atoms in total. The number of hydrogen-bond donors (Lipinski definition) is 1. The highest BCUT2D eigenvalue weighted by Crippen LogP contribution is 2.31. The van der Waals surface area contributed by atoms with Crippen LogP contribution in [0.25, 0.3) is 6.08 Å². The molecular weight excluding hydrogens is 378 g/mol. The van der Waals surface area contributed by atoms with Crippen LogP contribution in [0.2, 0.25) is 0 Å². The van der Waals surface area contributed by atoms with Crippen molar-refractivity contribution in [3.63, 3.8) is 0 Å². The molecule has 0 heterocycles. The Bertz CT molecular complexity index is 893. The molecule has 0 unspecified atom stereocenters. The Morgan fingerprint density at radius 2 is 1.62 bits per heavy atom. The van der Waals surface area contributed by atoms with Gasteiger partial charge in [-0.15, -0.1) is 0 Å². The van der Waals surface area contributed by atoms with Crippen LogP contribution < -0.4 is 24.3 Å². The number of methoxy groups -OCH3 is 4. The zero-order chi connectivity index (χ0) is 21.2. The van der Waals surface area contributed by atoms with Gasteiger partial charge in [0.2, 0.25) is 0 Å². The van der Waals surface area contributed by atoms with Gasteiger partial charge in [-0.3, -0.25) is 4.79 Å². The summed E-state index contributed by atoms with van der Waals surface area (Å²) in [5.41, 5.74) is 1.12. The number of esters is 1. The van der Waals surface area contributed by atoms with Crippen LogP contribution in [-0.2, 0) is 14.3 Å². The quantitative estimate of drug-likeness (QED) is 0.510. The van der Waals surface area contributed by atoms with Gasteiger partial charge in [0.25, 0.3) is 5.91 Å². The Kier molecular flexibility index (Phi) is 7.90. The Morgan fingerprint density at radius 3 is 2.28 bits per heavy atom. The minimum absolute atomic E-state index is 0.438. The second-order valence-corrected chi connectivity index (χ2v) is 5.64. The smallest absolute Gasteiger partial charge is 0.331 e. The van der Waals surface area contributed by atoms with E-state index in [9.17, 15) is 9.59 Å². The fraction of sp³-hybridized carbons (Fsp3) is 0.238. The SMILES string of the molecule is COc1ccc(NC(=O)COC(=O)C=Cc2cccc(OC)c2OC)cc1OC. The van der Waals surface area contributed by atoms with Crippen molar-refractivity contribution in [3.05, 3.63) is 48.0 Å². The zero-order valence-corrected chi connectivity index (χ0v) is 16.7. The molecule has 0 radical (unpaired) electrons. The lowest BCUT2D eigenvalue weighted by molar-refractivity contribution is -0.142. The number of rotatable bonds is 9. The average Bonchev–Trinajstić information content (AvgIpc) is 2.75. The minimum atomic E-state index is -0.669. The second kappa shape index (κ2) is 10.6. The molecule has 2 aromatic rings. The molecule has 0 saturated heterocycles. The van der Waals surface area contributed by atoms with Crippen molar-refractivity contribution in [2.24, 2.45) is 0 Å². The van der Waals surface area contributed by atoms with Gasteiger partial charge in [0.1, 0.15) is 0 Å². The predicted octanol–water partition coefficient (Wildman–Crippen LogP) is 2.92. The van der Waals surface area contributed by atoms with Crippen LogP contribution in [0, 0.1) is 0 Å². The number of ether oxygens (including phenoxy) is 5. The monoisotopic (exact) mass is 401 g/mol. The number of para-hydroxylation sites is 1. The van der Waals surface area contributed by atoms with Gasteiger partial charge in [0.05, 0.1) is 28.4 Å². The lowest BCUT2D eigenvalue weighted by Gasteiger charge is -2.10.